The topological polar surface area (TPSA) is 95.9 Å². The van der Waals surface area contributed by atoms with Gasteiger partial charge in [0.05, 0.1) is 19.0 Å². The summed E-state index contributed by atoms with van der Waals surface area (Å²) in [5, 5.41) is 0. The zero-order chi connectivity index (χ0) is 27.4. The van der Waals surface area contributed by atoms with Crippen molar-refractivity contribution in [2.24, 2.45) is 0 Å². The Morgan fingerprint density at radius 1 is 0.921 bits per heavy atom. The minimum absolute atomic E-state index is 0.103. The summed E-state index contributed by atoms with van der Waals surface area (Å²) in [5.41, 5.74) is 7.16. The lowest BCUT2D eigenvalue weighted by Crippen LogP contribution is -2.17. The molecule has 0 saturated heterocycles. The Morgan fingerprint density at radius 3 is 2.13 bits per heavy atom. The molecule has 0 bridgehead atoms. The summed E-state index contributed by atoms with van der Waals surface area (Å²) in [4.78, 5) is 12.7. The Labute approximate surface area is 239 Å². The third kappa shape index (κ3) is 13.5. The fraction of sp³-hybridized carbons (Fsp3) is 0.821. The van der Waals surface area contributed by atoms with Gasteiger partial charge in [-0.25, -0.2) is 15.0 Å². The van der Waals surface area contributed by atoms with Gasteiger partial charge in [-0.05, 0) is 24.1 Å². The predicted octanol–water partition coefficient (Wildman–Crippen LogP) is 9.20. The van der Waals surface area contributed by atoms with E-state index in [2.05, 4.69) is 28.8 Å². The van der Waals surface area contributed by atoms with Crippen LogP contribution in [0.15, 0.2) is 12.7 Å². The standard InChI is InChI=1S/C28H51N5O2PS2/c1-4-6-7-8-9-10-11-12-13-14-15-16-17-18-19-37-38-25(5-2)36(34)23-35-24(3)20-33-22-32-26-27(29)30-21-31-28(26)33/h21-22,24-25H,4-20,23H2,1-3H3,(H2,29,30,31)/q+1. The van der Waals surface area contributed by atoms with Gasteiger partial charge >= 0.3 is 7.80 Å². The van der Waals surface area contributed by atoms with Crippen molar-refractivity contribution in [3.05, 3.63) is 12.7 Å². The largest absolute Gasteiger partial charge is 0.382 e. The van der Waals surface area contributed by atoms with E-state index >= 15 is 0 Å². The Kier molecular flexibility index (Phi) is 18.4. The smallest absolute Gasteiger partial charge is 0.381 e. The van der Waals surface area contributed by atoms with Crippen LogP contribution >= 0.6 is 29.4 Å². The molecule has 0 aliphatic heterocycles. The highest BCUT2D eigenvalue weighted by atomic mass is 33.1. The zero-order valence-electron chi connectivity index (χ0n) is 24.0. The van der Waals surface area contributed by atoms with E-state index in [4.69, 9.17) is 10.5 Å². The van der Waals surface area contributed by atoms with Crippen molar-refractivity contribution >= 4 is 46.4 Å². The molecule has 0 saturated carbocycles. The first-order chi connectivity index (χ1) is 18.6. The van der Waals surface area contributed by atoms with Crippen LogP contribution in [0.5, 0.6) is 0 Å². The summed E-state index contributed by atoms with van der Waals surface area (Å²) >= 11 is 0. The number of fused-ring (bicyclic) bond motifs is 1. The van der Waals surface area contributed by atoms with E-state index in [-0.39, 0.29) is 17.4 Å². The molecule has 3 atom stereocenters. The summed E-state index contributed by atoms with van der Waals surface area (Å²) in [5.74, 6) is 1.51. The average Bonchev–Trinajstić information content (AvgIpc) is 3.33. The second kappa shape index (κ2) is 20.9. The van der Waals surface area contributed by atoms with Gasteiger partial charge in [0.15, 0.2) is 11.5 Å². The van der Waals surface area contributed by atoms with Gasteiger partial charge in [0.1, 0.15) is 11.8 Å². The normalized spacial score (nSPS) is 13.7. The molecule has 2 N–H and O–H groups in total. The van der Waals surface area contributed by atoms with Crippen molar-refractivity contribution in [1.29, 1.82) is 0 Å². The SMILES string of the molecule is CCCCCCCCCCCCCCCCSSC(CC)[P+](=O)COC(C)Cn1cnc2c(N)ncnc21. The first-order valence-corrected chi connectivity index (χ1v) is 18.7. The molecule has 10 heteroatoms. The number of anilines is 1. The summed E-state index contributed by atoms with van der Waals surface area (Å²) in [7, 11) is 2.24. The third-order valence-electron chi connectivity index (χ3n) is 6.80. The predicted molar refractivity (Wildman–Crippen MR) is 167 cm³/mol. The fourth-order valence-corrected chi connectivity index (χ4v) is 9.63. The van der Waals surface area contributed by atoms with Crippen molar-refractivity contribution in [1.82, 2.24) is 19.5 Å². The summed E-state index contributed by atoms with van der Waals surface area (Å²) in [6.07, 6.45) is 23.7. The molecule has 0 amide bonds. The van der Waals surface area contributed by atoms with Gasteiger partial charge in [0.25, 0.3) is 0 Å². The molecular formula is C28H51N5O2PS2+. The van der Waals surface area contributed by atoms with Crippen LogP contribution in [0.4, 0.5) is 5.82 Å². The summed E-state index contributed by atoms with van der Waals surface area (Å²) in [6, 6.07) is 0. The van der Waals surface area contributed by atoms with E-state index in [1.54, 1.807) is 17.1 Å². The quantitative estimate of drug-likeness (QED) is 0.0741. The highest BCUT2D eigenvalue weighted by molar-refractivity contribution is 8.77. The molecule has 38 heavy (non-hydrogen) atoms. The van der Waals surface area contributed by atoms with E-state index in [0.29, 0.717) is 23.5 Å². The highest BCUT2D eigenvalue weighted by Crippen LogP contribution is 2.44. The molecular weight excluding hydrogens is 533 g/mol. The monoisotopic (exact) mass is 584 g/mol. The fourth-order valence-electron chi connectivity index (χ4n) is 4.45. The van der Waals surface area contributed by atoms with Gasteiger partial charge < -0.3 is 15.0 Å². The van der Waals surface area contributed by atoms with Crippen LogP contribution in [0.3, 0.4) is 0 Å². The highest BCUT2D eigenvalue weighted by Gasteiger charge is 2.30. The number of aromatic nitrogens is 4. The number of hydrogen-bond donors (Lipinski definition) is 1. The molecule has 2 heterocycles. The molecule has 2 rings (SSSR count). The molecule has 0 spiro atoms. The molecule has 216 valence electrons. The van der Waals surface area contributed by atoms with E-state index in [9.17, 15) is 4.57 Å². The number of rotatable bonds is 24. The van der Waals surface area contributed by atoms with Crippen LogP contribution in [0, 0.1) is 0 Å². The number of nitrogens with zero attached hydrogens (tertiary/aromatic N) is 4. The van der Waals surface area contributed by atoms with Crippen LogP contribution in [0.25, 0.3) is 11.2 Å². The van der Waals surface area contributed by atoms with Crippen molar-refractivity contribution in [2.45, 2.75) is 135 Å². The lowest BCUT2D eigenvalue weighted by molar-refractivity contribution is 0.0879. The zero-order valence-corrected chi connectivity index (χ0v) is 26.5. The molecule has 0 aliphatic carbocycles. The first-order valence-electron chi connectivity index (χ1n) is 14.8. The molecule has 0 aromatic carbocycles. The molecule has 0 fully saturated rings. The van der Waals surface area contributed by atoms with Gasteiger partial charge in [0, 0.05) is 12.2 Å². The van der Waals surface area contributed by atoms with Gasteiger partial charge in [-0.2, -0.15) is 0 Å². The molecule has 3 unspecified atom stereocenters. The average molecular weight is 585 g/mol. The van der Waals surface area contributed by atoms with E-state index in [1.165, 1.54) is 96.2 Å². The van der Waals surface area contributed by atoms with Gasteiger partial charge in [-0.15, -0.1) is 0 Å². The number of unbranched alkanes of at least 4 members (excludes halogenated alkanes) is 13. The Bertz CT molecular complexity index is 901. The maximum absolute atomic E-state index is 12.9. The number of imidazole rings is 1. The van der Waals surface area contributed by atoms with E-state index in [1.807, 2.05) is 22.3 Å². The second-order valence-electron chi connectivity index (χ2n) is 10.2. The molecule has 0 aliphatic rings. The molecule has 0 radical (unpaired) electrons. The van der Waals surface area contributed by atoms with Crippen LogP contribution in [-0.2, 0) is 15.8 Å². The van der Waals surface area contributed by atoms with Crippen molar-refractivity contribution in [2.75, 3.05) is 17.8 Å². The van der Waals surface area contributed by atoms with Crippen molar-refractivity contribution < 1.29 is 9.30 Å². The lowest BCUT2D eigenvalue weighted by Gasteiger charge is -2.12. The number of ether oxygens (including phenoxy) is 1. The maximum Gasteiger partial charge on any atom is 0.381 e. The Morgan fingerprint density at radius 2 is 1.53 bits per heavy atom. The second-order valence-corrected chi connectivity index (χ2v) is 15.0. The van der Waals surface area contributed by atoms with Crippen LogP contribution in [0.2, 0.25) is 0 Å². The number of nitrogens with two attached hydrogens (primary N) is 1. The molecule has 2 aromatic heterocycles. The van der Waals surface area contributed by atoms with E-state index in [0.717, 1.165) is 12.2 Å². The maximum atomic E-state index is 12.9. The molecule has 7 nitrogen and oxygen atoms in total. The third-order valence-corrected chi connectivity index (χ3v) is 12.4. The van der Waals surface area contributed by atoms with Crippen molar-refractivity contribution in [3.63, 3.8) is 0 Å². The number of hydrogen-bond acceptors (Lipinski definition) is 8. The summed E-state index contributed by atoms with van der Waals surface area (Å²) < 4.78 is 20.7. The van der Waals surface area contributed by atoms with Gasteiger partial charge in [-0.1, -0.05) is 113 Å². The van der Waals surface area contributed by atoms with Gasteiger partial charge in [0.2, 0.25) is 11.3 Å². The van der Waals surface area contributed by atoms with Crippen LogP contribution < -0.4 is 5.73 Å². The van der Waals surface area contributed by atoms with Crippen LogP contribution in [0.1, 0.15) is 117 Å². The van der Waals surface area contributed by atoms with E-state index < -0.39 is 7.80 Å². The Hall–Kier alpha value is -0.890. The summed E-state index contributed by atoms with van der Waals surface area (Å²) in [6.45, 7) is 6.96. The number of nitrogen functional groups attached to an aromatic ring is 1. The van der Waals surface area contributed by atoms with Gasteiger partial charge in [-0.3, -0.25) is 0 Å². The molecule has 2 aromatic rings. The minimum atomic E-state index is -1.42. The minimum Gasteiger partial charge on any atom is -0.382 e. The van der Waals surface area contributed by atoms with Crippen LogP contribution in [-0.4, -0.2) is 42.7 Å². The Balaban J connectivity index is 1.46. The lowest BCUT2D eigenvalue weighted by atomic mass is 10.0. The first kappa shape index (κ1) is 33.3. The van der Waals surface area contributed by atoms with Crippen molar-refractivity contribution in [3.8, 4) is 0 Å².